The van der Waals surface area contributed by atoms with Gasteiger partial charge in [-0.2, -0.15) is 0 Å². The number of nitrogens with one attached hydrogen (secondary N) is 1. The van der Waals surface area contributed by atoms with Crippen molar-refractivity contribution in [3.8, 4) is 11.5 Å². The highest BCUT2D eigenvalue weighted by Gasteiger charge is 2.27. The molecule has 1 amide bonds. The second-order valence-electron chi connectivity index (χ2n) is 8.22. The van der Waals surface area contributed by atoms with Crippen molar-refractivity contribution in [3.63, 3.8) is 0 Å². The lowest BCUT2D eigenvalue weighted by molar-refractivity contribution is 0.102. The number of benzene rings is 2. The van der Waals surface area contributed by atoms with Gasteiger partial charge in [-0.05, 0) is 56.1 Å². The van der Waals surface area contributed by atoms with Crippen LogP contribution in [0.2, 0.25) is 0 Å². The molecule has 0 aliphatic carbocycles. The summed E-state index contributed by atoms with van der Waals surface area (Å²) in [5.41, 5.74) is 3.07. The second kappa shape index (κ2) is 10.4. The number of para-hydroxylation sites is 1. The molecule has 3 aromatic rings. The first-order valence-electron chi connectivity index (χ1n) is 11.2. The molecule has 1 N–H and O–H groups in total. The molecule has 1 aliphatic rings. The number of rotatable bonds is 7. The van der Waals surface area contributed by atoms with E-state index < -0.39 is 0 Å². The number of carbonyl (C=O) groups excluding carboxylic acids is 1. The van der Waals surface area contributed by atoms with Gasteiger partial charge in [-0.3, -0.25) is 9.69 Å². The van der Waals surface area contributed by atoms with Gasteiger partial charge in [0.1, 0.15) is 5.82 Å². The Morgan fingerprint density at radius 3 is 2.61 bits per heavy atom. The summed E-state index contributed by atoms with van der Waals surface area (Å²) >= 11 is 0. The van der Waals surface area contributed by atoms with Crippen LogP contribution in [0.1, 0.15) is 52.7 Å². The van der Waals surface area contributed by atoms with Gasteiger partial charge in [-0.1, -0.05) is 30.7 Å². The standard InChI is InChI=1S/C26H30N4O3/c1-18-21(26(31)29-20-9-5-4-6-10-20)16-27-25(28-18)22-11-7-8-14-30(22)17-19-12-13-23(32-2)24(15-19)33-3/h4-6,9-10,12-13,15-16,22H,7-8,11,14,17H2,1-3H3,(H,29,31)/t22-/m0/s1. The number of likely N-dealkylation sites (tertiary alicyclic amines) is 1. The zero-order chi connectivity index (χ0) is 23.2. The lowest BCUT2D eigenvalue weighted by Crippen LogP contribution is -2.34. The second-order valence-corrected chi connectivity index (χ2v) is 8.22. The third-order valence-electron chi connectivity index (χ3n) is 6.02. The van der Waals surface area contributed by atoms with Crippen LogP contribution in [-0.2, 0) is 6.54 Å². The Bertz CT molecular complexity index is 1100. The molecule has 7 nitrogen and oxygen atoms in total. The molecule has 0 saturated carbocycles. The minimum absolute atomic E-state index is 0.108. The third-order valence-corrected chi connectivity index (χ3v) is 6.02. The Morgan fingerprint density at radius 2 is 1.88 bits per heavy atom. The molecule has 0 unspecified atom stereocenters. The minimum atomic E-state index is -0.198. The molecule has 2 heterocycles. The molecule has 1 aromatic heterocycles. The SMILES string of the molecule is COc1ccc(CN2CCCC[C@H]2c2ncc(C(=O)Nc3ccccc3)c(C)n2)cc1OC. The van der Waals surface area contributed by atoms with E-state index in [0.717, 1.165) is 60.9 Å². The van der Waals surface area contributed by atoms with Crippen molar-refractivity contribution in [2.24, 2.45) is 0 Å². The van der Waals surface area contributed by atoms with Gasteiger partial charge < -0.3 is 14.8 Å². The largest absolute Gasteiger partial charge is 0.493 e. The lowest BCUT2D eigenvalue weighted by Gasteiger charge is -2.35. The Hall–Kier alpha value is -3.45. The number of hydrogen-bond donors (Lipinski definition) is 1. The summed E-state index contributed by atoms with van der Waals surface area (Å²) in [6.45, 7) is 3.61. The van der Waals surface area contributed by atoms with Crippen molar-refractivity contribution in [1.82, 2.24) is 14.9 Å². The molecule has 7 heteroatoms. The number of hydrogen-bond acceptors (Lipinski definition) is 6. The van der Waals surface area contributed by atoms with E-state index in [1.54, 1.807) is 20.4 Å². The number of aromatic nitrogens is 2. The number of methoxy groups -OCH3 is 2. The molecule has 0 radical (unpaired) electrons. The van der Waals surface area contributed by atoms with Gasteiger partial charge in [-0.25, -0.2) is 9.97 Å². The summed E-state index contributed by atoms with van der Waals surface area (Å²) in [7, 11) is 3.29. The lowest BCUT2D eigenvalue weighted by atomic mass is 10.00. The molecule has 4 rings (SSSR count). The maximum atomic E-state index is 12.7. The normalized spacial score (nSPS) is 16.3. The van der Waals surface area contributed by atoms with Gasteiger partial charge in [0.15, 0.2) is 11.5 Å². The molecular formula is C26H30N4O3. The number of amides is 1. The quantitative estimate of drug-likeness (QED) is 0.563. The van der Waals surface area contributed by atoms with Crippen LogP contribution >= 0.6 is 0 Å². The van der Waals surface area contributed by atoms with Crippen molar-refractivity contribution in [2.45, 2.75) is 38.8 Å². The van der Waals surface area contributed by atoms with E-state index in [1.807, 2.05) is 49.4 Å². The Balaban J connectivity index is 1.52. The predicted octanol–water partition coefficient (Wildman–Crippen LogP) is 4.78. The number of aryl methyl sites for hydroxylation is 1. The highest BCUT2D eigenvalue weighted by atomic mass is 16.5. The third kappa shape index (κ3) is 5.31. The highest BCUT2D eigenvalue weighted by Crippen LogP contribution is 2.33. The molecule has 0 bridgehead atoms. The van der Waals surface area contributed by atoms with Gasteiger partial charge in [-0.15, -0.1) is 0 Å². The van der Waals surface area contributed by atoms with Gasteiger partial charge in [0, 0.05) is 18.4 Å². The van der Waals surface area contributed by atoms with Crippen LogP contribution in [0.4, 0.5) is 5.69 Å². The topological polar surface area (TPSA) is 76.6 Å². The van der Waals surface area contributed by atoms with Crippen molar-refractivity contribution < 1.29 is 14.3 Å². The number of ether oxygens (including phenoxy) is 2. The highest BCUT2D eigenvalue weighted by molar-refractivity contribution is 6.04. The fraction of sp³-hybridized carbons (Fsp3) is 0.346. The van der Waals surface area contributed by atoms with Crippen LogP contribution < -0.4 is 14.8 Å². The molecule has 1 fully saturated rings. The fourth-order valence-corrected chi connectivity index (χ4v) is 4.27. The smallest absolute Gasteiger partial charge is 0.259 e. The summed E-state index contributed by atoms with van der Waals surface area (Å²) in [4.78, 5) is 24.5. The average Bonchev–Trinajstić information content (AvgIpc) is 2.84. The number of carbonyl (C=O) groups is 1. The van der Waals surface area contributed by atoms with Crippen LogP contribution in [0.25, 0.3) is 0 Å². The van der Waals surface area contributed by atoms with Crippen LogP contribution in [0.5, 0.6) is 11.5 Å². The molecule has 2 aromatic carbocycles. The van der Waals surface area contributed by atoms with Crippen LogP contribution in [0, 0.1) is 6.92 Å². The van der Waals surface area contributed by atoms with Crippen LogP contribution in [0.15, 0.2) is 54.7 Å². The number of piperidine rings is 1. The van der Waals surface area contributed by atoms with Gasteiger partial charge in [0.25, 0.3) is 5.91 Å². The molecule has 0 spiro atoms. The summed E-state index contributed by atoms with van der Waals surface area (Å²) < 4.78 is 10.8. The van der Waals surface area contributed by atoms with E-state index >= 15 is 0 Å². The first kappa shape index (κ1) is 22.7. The molecular weight excluding hydrogens is 416 g/mol. The van der Waals surface area contributed by atoms with E-state index in [9.17, 15) is 4.79 Å². The zero-order valence-corrected chi connectivity index (χ0v) is 19.4. The van der Waals surface area contributed by atoms with Crippen molar-refractivity contribution >= 4 is 11.6 Å². The van der Waals surface area contributed by atoms with E-state index in [1.165, 1.54) is 0 Å². The Morgan fingerprint density at radius 1 is 1.09 bits per heavy atom. The molecule has 1 aliphatic heterocycles. The predicted molar refractivity (Wildman–Crippen MR) is 128 cm³/mol. The van der Waals surface area contributed by atoms with E-state index in [2.05, 4.69) is 21.3 Å². The minimum Gasteiger partial charge on any atom is -0.493 e. The monoisotopic (exact) mass is 446 g/mol. The first-order chi connectivity index (χ1) is 16.1. The number of nitrogens with zero attached hydrogens (tertiary/aromatic N) is 3. The molecule has 33 heavy (non-hydrogen) atoms. The fourth-order valence-electron chi connectivity index (χ4n) is 4.27. The summed E-state index contributed by atoms with van der Waals surface area (Å²) in [6, 6.07) is 15.5. The van der Waals surface area contributed by atoms with Gasteiger partial charge in [0.2, 0.25) is 0 Å². The van der Waals surface area contributed by atoms with Crippen molar-refractivity contribution in [2.75, 3.05) is 26.1 Å². The zero-order valence-electron chi connectivity index (χ0n) is 19.4. The molecule has 1 atom stereocenters. The van der Waals surface area contributed by atoms with E-state index in [0.29, 0.717) is 11.3 Å². The van der Waals surface area contributed by atoms with Gasteiger partial charge >= 0.3 is 0 Å². The Labute approximate surface area is 194 Å². The van der Waals surface area contributed by atoms with E-state index in [4.69, 9.17) is 14.5 Å². The molecule has 1 saturated heterocycles. The first-order valence-corrected chi connectivity index (χ1v) is 11.2. The maximum absolute atomic E-state index is 12.7. The summed E-state index contributed by atoms with van der Waals surface area (Å²) in [5, 5.41) is 2.91. The van der Waals surface area contributed by atoms with Crippen molar-refractivity contribution in [1.29, 1.82) is 0 Å². The van der Waals surface area contributed by atoms with Crippen LogP contribution in [0.3, 0.4) is 0 Å². The Kier molecular flexibility index (Phi) is 7.19. The van der Waals surface area contributed by atoms with Crippen LogP contribution in [-0.4, -0.2) is 41.5 Å². The van der Waals surface area contributed by atoms with Gasteiger partial charge in [0.05, 0.1) is 31.5 Å². The average molecular weight is 447 g/mol. The van der Waals surface area contributed by atoms with E-state index in [-0.39, 0.29) is 11.9 Å². The number of anilines is 1. The molecule has 172 valence electrons. The maximum Gasteiger partial charge on any atom is 0.259 e. The van der Waals surface area contributed by atoms with Crippen molar-refractivity contribution in [3.05, 3.63) is 77.4 Å². The summed E-state index contributed by atoms with van der Waals surface area (Å²) in [6.07, 6.45) is 4.91. The summed E-state index contributed by atoms with van der Waals surface area (Å²) in [5.74, 6) is 2.02.